The first-order chi connectivity index (χ1) is 7.20. The second kappa shape index (κ2) is 4.16. The summed E-state index contributed by atoms with van der Waals surface area (Å²) < 4.78 is 1.23. The van der Waals surface area contributed by atoms with E-state index in [1.807, 2.05) is 24.3 Å². The number of nitrogen functional groups attached to an aromatic ring is 2. The van der Waals surface area contributed by atoms with Gasteiger partial charge in [-0.3, -0.25) is 0 Å². The summed E-state index contributed by atoms with van der Waals surface area (Å²) in [6.45, 7) is 0. The first-order valence-electron chi connectivity index (χ1n) is 4.50. The molecule has 2 aromatic rings. The molecule has 0 aliphatic rings. The Morgan fingerprint density at radius 2 is 2.00 bits per heavy atom. The molecule has 0 radical (unpaired) electrons. The number of nitrogens with two attached hydrogens (primary N) is 2. The quantitative estimate of drug-likeness (QED) is 0.621. The number of thioether (sulfide) groups is 1. The maximum Gasteiger partial charge on any atom is 0.0947 e. The lowest BCUT2D eigenvalue weighted by Crippen LogP contribution is -1.86. The van der Waals surface area contributed by atoms with Crippen LogP contribution in [-0.4, -0.2) is 6.26 Å². The van der Waals surface area contributed by atoms with Gasteiger partial charge >= 0.3 is 0 Å². The van der Waals surface area contributed by atoms with E-state index in [4.69, 9.17) is 11.5 Å². The summed E-state index contributed by atoms with van der Waals surface area (Å²) in [5, 5.41) is 0.852. The van der Waals surface area contributed by atoms with Gasteiger partial charge in [0.15, 0.2) is 0 Å². The number of rotatable bonds is 2. The molecule has 1 aromatic carbocycles. The molecule has 4 heteroatoms. The molecule has 0 spiro atoms. The van der Waals surface area contributed by atoms with Gasteiger partial charge in [0.25, 0.3) is 0 Å². The van der Waals surface area contributed by atoms with Crippen LogP contribution in [0, 0.1) is 0 Å². The molecule has 0 aliphatic heterocycles. The molecule has 2 rings (SSSR count). The Labute approximate surface area is 97.3 Å². The number of hydrogen-bond acceptors (Lipinski definition) is 4. The van der Waals surface area contributed by atoms with Crippen molar-refractivity contribution in [3.63, 3.8) is 0 Å². The molecule has 0 amide bonds. The second-order valence-corrected chi connectivity index (χ2v) is 5.36. The van der Waals surface area contributed by atoms with E-state index in [-0.39, 0.29) is 0 Å². The molecule has 0 atom stereocenters. The molecule has 2 nitrogen and oxygen atoms in total. The van der Waals surface area contributed by atoms with Gasteiger partial charge in [0.05, 0.1) is 9.21 Å². The molecule has 0 saturated heterocycles. The molecule has 4 N–H and O–H groups in total. The van der Waals surface area contributed by atoms with Gasteiger partial charge in [0, 0.05) is 11.3 Å². The van der Waals surface area contributed by atoms with Gasteiger partial charge in [-0.05, 0) is 30.0 Å². The zero-order valence-corrected chi connectivity index (χ0v) is 9.99. The highest BCUT2D eigenvalue weighted by Gasteiger charge is 2.07. The van der Waals surface area contributed by atoms with Gasteiger partial charge < -0.3 is 11.5 Å². The Hall–Kier alpha value is -1.13. The molecule has 0 unspecified atom stereocenters. The molecular weight excluding hydrogens is 224 g/mol. The lowest BCUT2D eigenvalue weighted by Gasteiger charge is -2.00. The first-order valence-corrected chi connectivity index (χ1v) is 6.54. The lowest BCUT2D eigenvalue weighted by molar-refractivity contribution is 1.63. The van der Waals surface area contributed by atoms with Crippen molar-refractivity contribution in [1.82, 2.24) is 0 Å². The number of anilines is 2. The average Bonchev–Trinajstić information content (AvgIpc) is 2.60. The fourth-order valence-corrected chi connectivity index (χ4v) is 2.93. The van der Waals surface area contributed by atoms with E-state index >= 15 is 0 Å². The van der Waals surface area contributed by atoms with Gasteiger partial charge in [-0.2, -0.15) is 0 Å². The van der Waals surface area contributed by atoms with E-state index in [0.29, 0.717) is 0 Å². The molecule has 1 aromatic heterocycles. The Balaban J connectivity index is 2.48. The van der Waals surface area contributed by atoms with E-state index in [1.54, 1.807) is 23.1 Å². The van der Waals surface area contributed by atoms with Crippen molar-refractivity contribution >= 4 is 33.8 Å². The van der Waals surface area contributed by atoms with Crippen LogP contribution in [0.4, 0.5) is 10.7 Å². The molecule has 15 heavy (non-hydrogen) atoms. The van der Waals surface area contributed by atoms with Crippen LogP contribution in [0.2, 0.25) is 0 Å². The van der Waals surface area contributed by atoms with E-state index in [2.05, 4.69) is 12.3 Å². The normalized spacial score (nSPS) is 10.5. The smallest absolute Gasteiger partial charge is 0.0947 e. The predicted octanol–water partition coefficient (Wildman–Crippen LogP) is 3.30. The molecule has 0 aliphatic carbocycles. The molecule has 0 fully saturated rings. The summed E-state index contributed by atoms with van der Waals surface area (Å²) in [7, 11) is 0. The summed E-state index contributed by atoms with van der Waals surface area (Å²) in [6, 6.07) is 9.91. The molecule has 0 saturated carbocycles. The number of hydrogen-bond donors (Lipinski definition) is 2. The Bertz CT molecular complexity index is 477. The third-order valence-electron chi connectivity index (χ3n) is 2.14. The average molecular weight is 236 g/mol. The van der Waals surface area contributed by atoms with Crippen molar-refractivity contribution < 1.29 is 0 Å². The van der Waals surface area contributed by atoms with E-state index in [0.717, 1.165) is 21.8 Å². The number of benzene rings is 1. The standard InChI is InChI=1S/C11H12N2S2/c1-14-10-6-9(11(13)15-10)7-3-2-4-8(12)5-7/h2-6H,12-13H2,1H3. The predicted molar refractivity (Wildman–Crippen MR) is 70.4 cm³/mol. The van der Waals surface area contributed by atoms with Gasteiger partial charge in [-0.15, -0.1) is 23.1 Å². The van der Waals surface area contributed by atoms with E-state index < -0.39 is 0 Å². The monoisotopic (exact) mass is 236 g/mol. The van der Waals surface area contributed by atoms with E-state index in [1.165, 1.54) is 4.21 Å². The van der Waals surface area contributed by atoms with Crippen molar-refractivity contribution in [2.24, 2.45) is 0 Å². The summed E-state index contributed by atoms with van der Waals surface area (Å²) in [4.78, 5) is 0. The Morgan fingerprint density at radius 3 is 2.60 bits per heavy atom. The van der Waals surface area contributed by atoms with Gasteiger partial charge in [-0.25, -0.2) is 0 Å². The second-order valence-electron chi connectivity index (χ2n) is 3.17. The summed E-state index contributed by atoms with van der Waals surface area (Å²) in [5.41, 5.74) is 14.6. The third-order valence-corrected chi connectivity index (χ3v) is 4.17. The van der Waals surface area contributed by atoms with Crippen LogP contribution in [0.25, 0.3) is 11.1 Å². The highest BCUT2D eigenvalue weighted by atomic mass is 32.2. The van der Waals surface area contributed by atoms with Crippen LogP contribution in [0.1, 0.15) is 0 Å². The topological polar surface area (TPSA) is 52.0 Å². The summed E-state index contributed by atoms with van der Waals surface area (Å²) >= 11 is 3.32. The van der Waals surface area contributed by atoms with Gasteiger partial charge in [0.2, 0.25) is 0 Å². The van der Waals surface area contributed by atoms with Gasteiger partial charge in [-0.1, -0.05) is 12.1 Å². The summed E-state index contributed by atoms with van der Waals surface area (Å²) in [6.07, 6.45) is 2.05. The van der Waals surface area contributed by atoms with Crippen molar-refractivity contribution in [2.75, 3.05) is 17.7 Å². The van der Waals surface area contributed by atoms with Crippen molar-refractivity contribution in [3.8, 4) is 11.1 Å². The Morgan fingerprint density at radius 1 is 1.20 bits per heavy atom. The Kier molecular flexibility index (Phi) is 2.88. The highest BCUT2D eigenvalue weighted by Crippen LogP contribution is 2.38. The fourth-order valence-electron chi connectivity index (χ4n) is 1.41. The lowest BCUT2D eigenvalue weighted by atomic mass is 10.1. The maximum absolute atomic E-state index is 5.96. The van der Waals surface area contributed by atoms with Crippen LogP contribution in [-0.2, 0) is 0 Å². The summed E-state index contributed by atoms with van der Waals surface area (Å²) in [5.74, 6) is 0. The molecule has 78 valence electrons. The highest BCUT2D eigenvalue weighted by molar-refractivity contribution is 8.00. The van der Waals surface area contributed by atoms with Crippen LogP contribution in [0.5, 0.6) is 0 Å². The van der Waals surface area contributed by atoms with Crippen LogP contribution >= 0.6 is 23.1 Å². The SMILES string of the molecule is CSc1cc(-c2cccc(N)c2)c(N)s1. The van der Waals surface area contributed by atoms with Crippen molar-refractivity contribution in [2.45, 2.75) is 4.21 Å². The van der Waals surface area contributed by atoms with Crippen molar-refractivity contribution in [3.05, 3.63) is 30.3 Å². The zero-order chi connectivity index (χ0) is 10.8. The van der Waals surface area contributed by atoms with E-state index in [9.17, 15) is 0 Å². The first kappa shape index (κ1) is 10.4. The minimum atomic E-state index is 0.767. The van der Waals surface area contributed by atoms with Crippen LogP contribution < -0.4 is 11.5 Å². The molecule has 0 bridgehead atoms. The third kappa shape index (κ3) is 2.11. The zero-order valence-electron chi connectivity index (χ0n) is 8.36. The minimum absolute atomic E-state index is 0.767. The maximum atomic E-state index is 5.96. The largest absolute Gasteiger partial charge is 0.399 e. The van der Waals surface area contributed by atoms with Crippen LogP contribution in [0.3, 0.4) is 0 Å². The molecule has 1 heterocycles. The minimum Gasteiger partial charge on any atom is -0.399 e. The number of thiophene rings is 1. The van der Waals surface area contributed by atoms with Crippen LogP contribution in [0.15, 0.2) is 34.5 Å². The fraction of sp³-hybridized carbons (Fsp3) is 0.0909. The van der Waals surface area contributed by atoms with Crippen molar-refractivity contribution in [1.29, 1.82) is 0 Å². The molecular formula is C11H12N2S2. The van der Waals surface area contributed by atoms with Gasteiger partial charge in [0.1, 0.15) is 0 Å².